The van der Waals surface area contributed by atoms with Gasteiger partial charge in [-0.05, 0) is 30.2 Å². The average Bonchev–Trinajstić information content (AvgIpc) is 2.49. The normalized spacial score (nSPS) is 11.3. The fourth-order valence-corrected chi connectivity index (χ4v) is 1.91. The van der Waals surface area contributed by atoms with Gasteiger partial charge in [0.05, 0.1) is 7.11 Å². The Kier molecular flexibility index (Phi) is 7.34. The first kappa shape index (κ1) is 17.1. The van der Waals surface area contributed by atoms with Gasteiger partial charge in [-0.1, -0.05) is 38.5 Å². The van der Waals surface area contributed by atoms with Crippen molar-refractivity contribution in [1.29, 1.82) is 5.26 Å². The highest BCUT2D eigenvalue weighted by atomic mass is 16.5. The molecular weight excluding hydrogens is 264 g/mol. The van der Waals surface area contributed by atoms with Gasteiger partial charge >= 0.3 is 0 Å². The van der Waals surface area contributed by atoms with Crippen molar-refractivity contribution in [2.45, 2.75) is 20.8 Å². The third-order valence-electron chi connectivity index (χ3n) is 3.15. The standard InChI is InChI=1S/C17H24N2O2/c1-5-19-12-15(13(2)3)10-14-6-7-16(21-9-8-18)17(11-14)20-4/h6-7,10-11,13,19H,5,9,12H2,1-4H3. The molecule has 0 bridgehead atoms. The molecule has 1 rings (SSSR count). The molecule has 0 saturated carbocycles. The number of nitrogens with one attached hydrogen (secondary N) is 1. The van der Waals surface area contributed by atoms with Crippen LogP contribution in [0.1, 0.15) is 26.3 Å². The van der Waals surface area contributed by atoms with Crippen LogP contribution in [0.4, 0.5) is 0 Å². The molecule has 0 spiro atoms. The third-order valence-corrected chi connectivity index (χ3v) is 3.15. The third kappa shape index (κ3) is 5.49. The molecule has 0 unspecified atom stereocenters. The molecule has 0 aliphatic heterocycles. The van der Waals surface area contributed by atoms with Gasteiger partial charge in [0, 0.05) is 6.54 Å². The number of nitriles is 1. The molecular formula is C17H24N2O2. The summed E-state index contributed by atoms with van der Waals surface area (Å²) in [6.07, 6.45) is 2.17. The van der Waals surface area contributed by atoms with E-state index in [0.29, 0.717) is 17.4 Å². The van der Waals surface area contributed by atoms with E-state index in [9.17, 15) is 0 Å². The van der Waals surface area contributed by atoms with Gasteiger partial charge in [0.1, 0.15) is 6.07 Å². The molecule has 1 N–H and O–H groups in total. The average molecular weight is 288 g/mol. The molecule has 114 valence electrons. The van der Waals surface area contributed by atoms with Crippen molar-refractivity contribution >= 4 is 6.08 Å². The molecule has 0 radical (unpaired) electrons. The van der Waals surface area contributed by atoms with Crippen LogP contribution in [0.2, 0.25) is 0 Å². The number of hydrogen-bond donors (Lipinski definition) is 1. The fraction of sp³-hybridized carbons (Fsp3) is 0.471. The van der Waals surface area contributed by atoms with Crippen LogP contribution in [0.5, 0.6) is 11.5 Å². The summed E-state index contributed by atoms with van der Waals surface area (Å²) in [5.41, 5.74) is 2.40. The van der Waals surface area contributed by atoms with Gasteiger partial charge in [-0.25, -0.2) is 0 Å². The summed E-state index contributed by atoms with van der Waals surface area (Å²) in [5.74, 6) is 1.71. The number of benzene rings is 1. The fourth-order valence-electron chi connectivity index (χ4n) is 1.91. The van der Waals surface area contributed by atoms with Crippen LogP contribution < -0.4 is 14.8 Å². The van der Waals surface area contributed by atoms with Crippen molar-refractivity contribution in [1.82, 2.24) is 5.32 Å². The lowest BCUT2D eigenvalue weighted by Crippen LogP contribution is -2.18. The van der Waals surface area contributed by atoms with Gasteiger partial charge in [-0.3, -0.25) is 0 Å². The summed E-state index contributed by atoms with van der Waals surface area (Å²) in [4.78, 5) is 0. The highest BCUT2D eigenvalue weighted by Crippen LogP contribution is 2.29. The monoisotopic (exact) mass is 288 g/mol. The van der Waals surface area contributed by atoms with E-state index in [4.69, 9.17) is 14.7 Å². The zero-order valence-corrected chi connectivity index (χ0v) is 13.3. The molecule has 4 nitrogen and oxygen atoms in total. The molecule has 0 aliphatic rings. The van der Waals surface area contributed by atoms with Gasteiger partial charge in [0.25, 0.3) is 0 Å². The summed E-state index contributed by atoms with van der Waals surface area (Å²) >= 11 is 0. The van der Waals surface area contributed by atoms with Gasteiger partial charge in [-0.15, -0.1) is 0 Å². The molecule has 0 fully saturated rings. The molecule has 0 saturated heterocycles. The van der Waals surface area contributed by atoms with Crippen molar-refractivity contribution in [2.75, 3.05) is 26.8 Å². The lowest BCUT2D eigenvalue weighted by molar-refractivity contribution is 0.329. The molecule has 0 heterocycles. The Morgan fingerprint density at radius 1 is 1.38 bits per heavy atom. The van der Waals surface area contributed by atoms with Crippen molar-refractivity contribution in [3.05, 3.63) is 29.3 Å². The molecule has 4 heteroatoms. The number of likely N-dealkylation sites (N-methyl/N-ethyl adjacent to an activating group) is 1. The molecule has 0 atom stereocenters. The largest absolute Gasteiger partial charge is 0.493 e. The Bertz CT molecular complexity index is 516. The van der Waals surface area contributed by atoms with E-state index < -0.39 is 0 Å². The lowest BCUT2D eigenvalue weighted by Gasteiger charge is -2.13. The van der Waals surface area contributed by atoms with Crippen molar-refractivity contribution in [3.8, 4) is 17.6 Å². The Balaban J connectivity index is 2.99. The first-order valence-electron chi connectivity index (χ1n) is 7.21. The van der Waals surface area contributed by atoms with E-state index in [0.717, 1.165) is 18.7 Å². The van der Waals surface area contributed by atoms with E-state index >= 15 is 0 Å². The number of rotatable bonds is 8. The number of hydrogen-bond acceptors (Lipinski definition) is 4. The topological polar surface area (TPSA) is 54.3 Å². The summed E-state index contributed by atoms with van der Waals surface area (Å²) in [7, 11) is 1.60. The zero-order valence-electron chi connectivity index (χ0n) is 13.3. The van der Waals surface area contributed by atoms with Crippen LogP contribution in [0.3, 0.4) is 0 Å². The molecule has 21 heavy (non-hydrogen) atoms. The minimum absolute atomic E-state index is 0.0171. The smallest absolute Gasteiger partial charge is 0.174 e. The second-order valence-corrected chi connectivity index (χ2v) is 5.01. The molecule has 1 aromatic rings. The van der Waals surface area contributed by atoms with Gasteiger partial charge < -0.3 is 14.8 Å². The number of nitrogens with zero attached hydrogens (tertiary/aromatic N) is 1. The number of ether oxygens (including phenoxy) is 2. The van der Waals surface area contributed by atoms with Crippen molar-refractivity contribution in [2.24, 2.45) is 5.92 Å². The summed E-state index contributed by atoms with van der Waals surface area (Å²) in [6, 6.07) is 7.70. The Morgan fingerprint density at radius 2 is 2.14 bits per heavy atom. The molecule has 0 aromatic heterocycles. The van der Waals surface area contributed by atoms with E-state index in [1.54, 1.807) is 7.11 Å². The Morgan fingerprint density at radius 3 is 2.71 bits per heavy atom. The first-order valence-corrected chi connectivity index (χ1v) is 7.21. The second kappa shape index (κ2) is 9.04. The van der Waals surface area contributed by atoms with Gasteiger partial charge in [0.2, 0.25) is 0 Å². The first-order chi connectivity index (χ1) is 10.1. The lowest BCUT2D eigenvalue weighted by atomic mass is 10.00. The quantitative estimate of drug-likeness (QED) is 0.798. The van der Waals surface area contributed by atoms with E-state index in [-0.39, 0.29) is 6.61 Å². The maximum Gasteiger partial charge on any atom is 0.174 e. The van der Waals surface area contributed by atoms with Crippen LogP contribution in [-0.4, -0.2) is 26.8 Å². The van der Waals surface area contributed by atoms with Crippen LogP contribution in [-0.2, 0) is 0 Å². The van der Waals surface area contributed by atoms with E-state index in [1.165, 1.54) is 5.57 Å². The van der Waals surface area contributed by atoms with Crippen LogP contribution in [0, 0.1) is 17.2 Å². The van der Waals surface area contributed by atoms with E-state index in [2.05, 4.69) is 32.2 Å². The summed E-state index contributed by atoms with van der Waals surface area (Å²) < 4.78 is 10.7. The Labute approximate surface area is 127 Å². The second-order valence-electron chi connectivity index (χ2n) is 5.01. The summed E-state index contributed by atoms with van der Waals surface area (Å²) in [5, 5.41) is 11.9. The van der Waals surface area contributed by atoms with Gasteiger partial charge in [0.15, 0.2) is 18.1 Å². The highest BCUT2D eigenvalue weighted by molar-refractivity contribution is 5.58. The maximum absolute atomic E-state index is 8.58. The minimum Gasteiger partial charge on any atom is -0.493 e. The molecule has 0 amide bonds. The summed E-state index contributed by atoms with van der Waals surface area (Å²) in [6.45, 7) is 8.32. The molecule has 1 aromatic carbocycles. The minimum atomic E-state index is 0.0171. The van der Waals surface area contributed by atoms with Crippen molar-refractivity contribution in [3.63, 3.8) is 0 Å². The maximum atomic E-state index is 8.58. The number of methoxy groups -OCH3 is 1. The van der Waals surface area contributed by atoms with Gasteiger partial charge in [-0.2, -0.15) is 5.26 Å². The zero-order chi connectivity index (χ0) is 15.7. The molecule has 0 aliphatic carbocycles. The van der Waals surface area contributed by atoms with Crippen LogP contribution in [0.25, 0.3) is 6.08 Å². The van der Waals surface area contributed by atoms with Crippen molar-refractivity contribution < 1.29 is 9.47 Å². The predicted octanol–water partition coefficient (Wildman–Crippen LogP) is 3.25. The highest BCUT2D eigenvalue weighted by Gasteiger charge is 2.07. The Hall–Kier alpha value is -1.99. The van der Waals surface area contributed by atoms with Crippen LogP contribution in [0.15, 0.2) is 23.8 Å². The predicted molar refractivity (Wildman–Crippen MR) is 85.5 cm³/mol. The van der Waals surface area contributed by atoms with E-state index in [1.807, 2.05) is 24.3 Å². The SMILES string of the molecule is CCNCC(=Cc1ccc(OCC#N)c(OC)c1)C(C)C. The van der Waals surface area contributed by atoms with Crippen LogP contribution >= 0.6 is 0 Å².